The van der Waals surface area contributed by atoms with E-state index in [2.05, 4.69) is 90.9 Å². The van der Waals surface area contributed by atoms with E-state index in [9.17, 15) is 9.90 Å². The van der Waals surface area contributed by atoms with Crippen molar-refractivity contribution in [2.75, 3.05) is 6.54 Å². The molecule has 186 valence electrons. The summed E-state index contributed by atoms with van der Waals surface area (Å²) in [6.45, 7) is 17.3. The van der Waals surface area contributed by atoms with Gasteiger partial charge in [-0.15, -0.1) is 0 Å². The van der Waals surface area contributed by atoms with E-state index < -0.39 is 14.4 Å². The molecule has 0 saturated carbocycles. The maximum absolute atomic E-state index is 11.8. The van der Waals surface area contributed by atoms with Crippen LogP contribution in [-0.2, 0) is 11.0 Å². The molecule has 5 heteroatoms. The summed E-state index contributed by atoms with van der Waals surface area (Å²) in [6.07, 6.45) is 2.09. The molecule has 0 aliphatic carbocycles. The molecule has 1 fully saturated rings. The first-order chi connectivity index (χ1) is 16.1. The molecule has 0 radical (unpaired) electrons. The number of nitrogens with zero attached hydrogens (tertiary/aromatic N) is 1. The minimum absolute atomic E-state index is 0.0476. The molecule has 1 aliphatic heterocycles. The second kappa shape index (κ2) is 11.1. The molecular weight excluding hydrogens is 438 g/mol. The Morgan fingerprint density at radius 2 is 1.68 bits per heavy atom. The van der Waals surface area contributed by atoms with E-state index in [4.69, 9.17) is 4.43 Å². The zero-order chi connectivity index (χ0) is 25.0. The minimum Gasteiger partial charge on any atom is -0.465 e. The minimum atomic E-state index is -1.96. The number of carboxylic acid groups (broad SMARTS) is 1. The number of carbonyl (C=O) groups is 1. The fourth-order valence-corrected chi connectivity index (χ4v) is 11.7. The highest BCUT2D eigenvalue weighted by Crippen LogP contribution is 2.43. The van der Waals surface area contributed by atoms with Gasteiger partial charge in [-0.3, -0.25) is 0 Å². The van der Waals surface area contributed by atoms with Crippen LogP contribution in [0.15, 0.2) is 42.5 Å². The molecule has 34 heavy (non-hydrogen) atoms. The Balaban J connectivity index is 1.91. The van der Waals surface area contributed by atoms with Gasteiger partial charge in [0.2, 0.25) is 8.32 Å². The first kappa shape index (κ1) is 26.5. The van der Waals surface area contributed by atoms with Gasteiger partial charge in [0.05, 0.1) is 12.6 Å². The average molecular weight is 482 g/mol. The lowest BCUT2D eigenvalue weighted by Crippen LogP contribution is -2.47. The summed E-state index contributed by atoms with van der Waals surface area (Å²) in [5.41, 5.74) is 7.53. The van der Waals surface area contributed by atoms with Gasteiger partial charge in [-0.1, -0.05) is 84.0 Å². The third-order valence-electron chi connectivity index (χ3n) is 7.89. The average Bonchev–Trinajstić information content (AvgIpc) is 2.79. The van der Waals surface area contributed by atoms with Crippen LogP contribution in [0.25, 0.3) is 11.1 Å². The molecule has 1 amide bonds. The van der Waals surface area contributed by atoms with Gasteiger partial charge in [0.25, 0.3) is 0 Å². The van der Waals surface area contributed by atoms with E-state index in [-0.39, 0.29) is 6.04 Å². The molecule has 1 saturated heterocycles. The number of rotatable bonds is 8. The van der Waals surface area contributed by atoms with Crippen LogP contribution in [0.2, 0.25) is 16.6 Å². The molecule has 0 aromatic heterocycles. The predicted molar refractivity (Wildman–Crippen MR) is 144 cm³/mol. The van der Waals surface area contributed by atoms with Gasteiger partial charge in [0.1, 0.15) is 0 Å². The number of likely N-dealkylation sites (tertiary alicyclic amines) is 1. The van der Waals surface area contributed by atoms with Crippen LogP contribution < -0.4 is 0 Å². The largest absolute Gasteiger partial charge is 0.465 e. The summed E-state index contributed by atoms with van der Waals surface area (Å²) >= 11 is 0. The summed E-state index contributed by atoms with van der Waals surface area (Å²) < 4.78 is 6.92. The molecule has 1 N–H and O–H groups in total. The number of benzene rings is 2. The molecule has 2 aromatic rings. The second-order valence-corrected chi connectivity index (χ2v) is 16.3. The lowest BCUT2D eigenvalue weighted by molar-refractivity contribution is 0.106. The number of hydrogen-bond acceptors (Lipinski definition) is 2. The number of piperidine rings is 1. The Bertz CT molecular complexity index is 963. The fraction of sp³-hybridized carbons (Fsp3) is 0.552. The van der Waals surface area contributed by atoms with E-state index in [0.717, 1.165) is 30.4 Å². The molecule has 0 spiro atoms. The van der Waals surface area contributed by atoms with Gasteiger partial charge in [-0.2, -0.15) is 0 Å². The molecule has 1 aliphatic rings. The summed E-state index contributed by atoms with van der Waals surface area (Å²) in [5, 5.41) is 9.69. The van der Waals surface area contributed by atoms with Gasteiger partial charge >= 0.3 is 6.09 Å². The van der Waals surface area contributed by atoms with E-state index >= 15 is 0 Å². The smallest absolute Gasteiger partial charge is 0.407 e. The quantitative estimate of drug-likeness (QED) is 0.384. The Labute approximate surface area is 207 Å². The van der Waals surface area contributed by atoms with Crippen molar-refractivity contribution < 1.29 is 14.3 Å². The predicted octanol–water partition coefficient (Wildman–Crippen LogP) is 8.56. The van der Waals surface area contributed by atoms with Gasteiger partial charge in [-0.25, -0.2) is 4.79 Å². The van der Waals surface area contributed by atoms with Crippen LogP contribution in [0, 0.1) is 6.92 Å². The highest BCUT2D eigenvalue weighted by Gasteiger charge is 2.45. The van der Waals surface area contributed by atoms with Crippen molar-refractivity contribution in [1.29, 1.82) is 0 Å². The molecule has 2 aromatic carbocycles. The van der Waals surface area contributed by atoms with E-state index in [0.29, 0.717) is 29.8 Å². The Kier molecular flexibility index (Phi) is 8.64. The lowest BCUT2D eigenvalue weighted by Gasteiger charge is -2.42. The Hall–Kier alpha value is -2.11. The first-order valence-corrected chi connectivity index (χ1v) is 15.1. The molecule has 1 unspecified atom stereocenters. The highest BCUT2D eigenvalue weighted by atomic mass is 28.4. The van der Waals surface area contributed by atoms with Gasteiger partial charge < -0.3 is 14.4 Å². The van der Waals surface area contributed by atoms with Crippen molar-refractivity contribution in [3.63, 3.8) is 0 Å². The normalized spacial score (nSPS) is 17.1. The zero-order valence-electron chi connectivity index (χ0n) is 22.1. The zero-order valence-corrected chi connectivity index (χ0v) is 23.1. The maximum Gasteiger partial charge on any atom is 0.407 e. The topological polar surface area (TPSA) is 49.8 Å². The van der Waals surface area contributed by atoms with Crippen LogP contribution in [0.3, 0.4) is 0 Å². The van der Waals surface area contributed by atoms with Crippen molar-refractivity contribution in [3.05, 3.63) is 59.2 Å². The molecule has 3 rings (SSSR count). The molecule has 0 bridgehead atoms. The molecule has 4 nitrogen and oxygen atoms in total. The molecule has 1 heterocycles. The number of amides is 1. The van der Waals surface area contributed by atoms with E-state index in [1.54, 1.807) is 4.90 Å². The summed E-state index contributed by atoms with van der Waals surface area (Å²) in [6, 6.07) is 15.0. The summed E-state index contributed by atoms with van der Waals surface area (Å²) in [5.74, 6) is 0. The van der Waals surface area contributed by atoms with Crippen LogP contribution in [0.5, 0.6) is 0 Å². The summed E-state index contributed by atoms with van der Waals surface area (Å²) in [7, 11) is -1.96. The lowest BCUT2D eigenvalue weighted by atomic mass is 9.90. The van der Waals surface area contributed by atoms with Crippen molar-refractivity contribution in [2.24, 2.45) is 0 Å². The van der Waals surface area contributed by atoms with Gasteiger partial charge in [0, 0.05) is 6.54 Å². The number of aryl methyl sites for hydroxylation is 1. The maximum atomic E-state index is 11.8. The van der Waals surface area contributed by atoms with E-state index in [1.165, 1.54) is 16.7 Å². The van der Waals surface area contributed by atoms with Crippen molar-refractivity contribution in [1.82, 2.24) is 4.90 Å². The van der Waals surface area contributed by atoms with Gasteiger partial charge in [0.15, 0.2) is 0 Å². The van der Waals surface area contributed by atoms with Crippen molar-refractivity contribution in [2.45, 2.75) is 97.0 Å². The van der Waals surface area contributed by atoms with Crippen LogP contribution >= 0.6 is 0 Å². The summed E-state index contributed by atoms with van der Waals surface area (Å²) in [4.78, 5) is 13.4. The highest BCUT2D eigenvalue weighted by molar-refractivity contribution is 6.77. The third-order valence-corrected chi connectivity index (χ3v) is 13.9. The van der Waals surface area contributed by atoms with Crippen LogP contribution in [0.4, 0.5) is 4.79 Å². The van der Waals surface area contributed by atoms with Crippen molar-refractivity contribution >= 4 is 14.4 Å². The number of hydrogen-bond donors (Lipinski definition) is 1. The van der Waals surface area contributed by atoms with Crippen molar-refractivity contribution in [3.8, 4) is 11.1 Å². The molecular formula is C29H43NO3Si. The Morgan fingerprint density at radius 1 is 1.03 bits per heavy atom. The van der Waals surface area contributed by atoms with Gasteiger partial charge in [-0.05, 0) is 70.6 Å². The standard InChI is InChI=1S/C29H43NO3Si/c1-20(2)34(21(3)4,22(5)6)33-19-25-12-8-9-13-27(25)24-15-16-26(23(7)18-24)28-14-10-11-17-30(28)29(31)32/h8-9,12-13,15-16,18,20-22,28H,10-11,14,17,19H2,1-7H3,(H,31,32). The van der Waals surface area contributed by atoms with Crippen LogP contribution in [0.1, 0.15) is 83.5 Å². The van der Waals surface area contributed by atoms with Crippen LogP contribution in [-0.4, -0.2) is 31.0 Å². The molecule has 1 atom stereocenters. The Morgan fingerprint density at radius 3 is 2.26 bits per heavy atom. The van der Waals surface area contributed by atoms with E-state index in [1.807, 2.05) is 0 Å². The SMILES string of the molecule is Cc1cc(-c2ccccc2CO[Si](C(C)C)(C(C)C)C(C)C)ccc1C1CCCCN1C(=O)O. The monoisotopic (exact) mass is 481 g/mol. The fourth-order valence-electron chi connectivity index (χ4n) is 6.33. The first-order valence-electron chi connectivity index (χ1n) is 12.9. The third kappa shape index (κ3) is 5.26. The second-order valence-electron chi connectivity index (χ2n) is 10.8.